The van der Waals surface area contributed by atoms with Crippen molar-refractivity contribution in [1.29, 1.82) is 0 Å². The number of benzene rings is 3. The highest BCUT2D eigenvalue weighted by Gasteiger charge is 2.43. The van der Waals surface area contributed by atoms with E-state index in [1.165, 1.54) is 31.3 Å². The summed E-state index contributed by atoms with van der Waals surface area (Å²) in [6.45, 7) is 12.6. The summed E-state index contributed by atoms with van der Waals surface area (Å²) in [5.74, 6) is -0.545. The van der Waals surface area contributed by atoms with E-state index in [9.17, 15) is 19.2 Å². The molecule has 0 unspecified atom stereocenters. The lowest BCUT2D eigenvalue weighted by Gasteiger charge is -2.34. The molecule has 14 nitrogen and oxygen atoms in total. The van der Waals surface area contributed by atoms with Crippen LogP contribution < -0.4 is 5.32 Å². The molecular weight excluding hydrogens is 787 g/mol. The van der Waals surface area contributed by atoms with Crippen molar-refractivity contribution in [3.05, 3.63) is 71.8 Å². The minimum Gasteiger partial charge on any atom is -0.453 e. The summed E-state index contributed by atoms with van der Waals surface area (Å²) in [5, 5.41) is 2.67. The van der Waals surface area contributed by atoms with E-state index in [0.29, 0.717) is 70.8 Å². The number of likely N-dealkylation sites (N-methyl/N-ethyl adjacent to an activating group) is 1. The molecule has 0 saturated carbocycles. The SMILES string of the molecule is COC(=O)N[C@H](C(=O)N1C[C@@H](C)C[C@H]1c1nc2cc(-c3cc(F)c(-c4ccc5[nH]c([C@@H]6C[C@H](C)CN6C(=O)[C@H](C(C)C)N(C)C(=O)OC)nc5c4)cc3F)ccc2[nH]1)C(C)C. The molecule has 4 amide bonds. The van der Waals surface area contributed by atoms with Gasteiger partial charge in [0.05, 0.1) is 48.4 Å². The molecule has 16 heteroatoms. The summed E-state index contributed by atoms with van der Waals surface area (Å²) in [4.78, 5) is 73.4. The zero-order valence-electron chi connectivity index (χ0n) is 36.0. The van der Waals surface area contributed by atoms with Crippen LogP contribution in [0.15, 0.2) is 48.5 Å². The number of likely N-dealkylation sites (tertiary alicyclic amines) is 2. The molecule has 3 aromatic carbocycles. The van der Waals surface area contributed by atoms with Crippen molar-refractivity contribution in [2.24, 2.45) is 23.7 Å². The Morgan fingerprint density at radius 1 is 0.738 bits per heavy atom. The van der Waals surface area contributed by atoms with Gasteiger partial charge in [0.15, 0.2) is 0 Å². The largest absolute Gasteiger partial charge is 0.453 e. The Morgan fingerprint density at radius 3 is 1.64 bits per heavy atom. The Labute approximate surface area is 353 Å². The third kappa shape index (κ3) is 8.36. The van der Waals surface area contributed by atoms with Gasteiger partial charge in [-0.2, -0.15) is 0 Å². The number of ether oxygens (including phenoxy) is 2. The van der Waals surface area contributed by atoms with Crippen LogP contribution in [0.25, 0.3) is 44.3 Å². The number of aromatic amines is 2. The molecule has 7 rings (SSSR count). The van der Waals surface area contributed by atoms with Gasteiger partial charge in [-0.3, -0.25) is 14.5 Å². The Hall–Kier alpha value is -6.06. The van der Waals surface area contributed by atoms with E-state index < -0.39 is 35.9 Å². The molecular formula is C45H54F2N8O6. The van der Waals surface area contributed by atoms with Crippen molar-refractivity contribution in [2.45, 2.75) is 78.6 Å². The van der Waals surface area contributed by atoms with Gasteiger partial charge in [-0.15, -0.1) is 0 Å². The number of aromatic nitrogens is 4. The minimum atomic E-state index is -0.786. The number of rotatable bonds is 10. The van der Waals surface area contributed by atoms with Gasteiger partial charge in [0.2, 0.25) is 11.8 Å². The molecule has 2 aliphatic heterocycles. The number of fused-ring (bicyclic) bond motifs is 2. The van der Waals surface area contributed by atoms with Gasteiger partial charge in [-0.25, -0.2) is 28.3 Å². The molecule has 5 aromatic rings. The van der Waals surface area contributed by atoms with Gasteiger partial charge in [0.1, 0.15) is 35.4 Å². The number of nitrogens with zero attached hydrogens (tertiary/aromatic N) is 5. The number of methoxy groups -OCH3 is 2. The Bertz CT molecular complexity index is 2480. The summed E-state index contributed by atoms with van der Waals surface area (Å²) in [6, 6.07) is 10.4. The second-order valence-electron chi connectivity index (χ2n) is 17.3. The predicted molar refractivity (Wildman–Crippen MR) is 226 cm³/mol. The molecule has 2 saturated heterocycles. The average Bonchev–Trinajstić information content (AvgIpc) is 4.03. The van der Waals surface area contributed by atoms with Crippen molar-refractivity contribution < 1.29 is 37.4 Å². The summed E-state index contributed by atoms with van der Waals surface area (Å²) in [7, 11) is 4.09. The number of hydrogen-bond donors (Lipinski definition) is 3. The van der Waals surface area contributed by atoms with E-state index >= 15 is 8.78 Å². The molecule has 0 spiro atoms. The smallest absolute Gasteiger partial charge is 0.409 e. The molecule has 0 radical (unpaired) electrons. The molecule has 4 heterocycles. The Morgan fingerprint density at radius 2 is 1.21 bits per heavy atom. The fourth-order valence-electron chi connectivity index (χ4n) is 8.99. The fourth-order valence-corrected chi connectivity index (χ4v) is 8.99. The van der Waals surface area contributed by atoms with E-state index in [1.807, 2.05) is 27.7 Å². The zero-order valence-corrected chi connectivity index (χ0v) is 36.0. The van der Waals surface area contributed by atoms with Crippen LogP contribution in [0.1, 0.15) is 78.1 Å². The second-order valence-corrected chi connectivity index (χ2v) is 17.3. The van der Waals surface area contributed by atoms with Crippen molar-refractivity contribution in [3.63, 3.8) is 0 Å². The third-order valence-corrected chi connectivity index (χ3v) is 12.1. The van der Waals surface area contributed by atoms with E-state index in [0.717, 1.165) is 0 Å². The number of alkyl carbamates (subject to hydrolysis) is 1. The first-order chi connectivity index (χ1) is 29.0. The van der Waals surface area contributed by atoms with E-state index in [1.54, 1.807) is 53.2 Å². The van der Waals surface area contributed by atoms with Gasteiger partial charge in [-0.05, 0) is 84.0 Å². The molecule has 3 N–H and O–H groups in total. The number of imidazole rings is 2. The van der Waals surface area contributed by atoms with Crippen LogP contribution >= 0.6 is 0 Å². The first-order valence-corrected chi connectivity index (χ1v) is 20.7. The van der Waals surface area contributed by atoms with Crippen LogP contribution in [-0.4, -0.2) is 105 Å². The maximum absolute atomic E-state index is 16.1. The van der Waals surface area contributed by atoms with Gasteiger partial charge in [0, 0.05) is 31.3 Å². The molecule has 2 fully saturated rings. The lowest BCUT2D eigenvalue weighted by Crippen LogP contribution is -2.52. The number of amides is 4. The molecule has 2 aliphatic rings. The topological polar surface area (TPSA) is 166 Å². The lowest BCUT2D eigenvalue weighted by molar-refractivity contribution is -0.139. The first-order valence-electron chi connectivity index (χ1n) is 20.7. The minimum absolute atomic E-state index is 0.0634. The fraction of sp³-hybridized carbons (Fsp3) is 0.467. The Balaban J connectivity index is 1.13. The summed E-state index contributed by atoms with van der Waals surface area (Å²) >= 11 is 0. The van der Waals surface area contributed by atoms with Gasteiger partial charge >= 0.3 is 12.2 Å². The van der Waals surface area contributed by atoms with E-state index in [-0.39, 0.29) is 58.7 Å². The number of halogens is 2. The Kier molecular flexibility index (Phi) is 12.1. The van der Waals surface area contributed by atoms with Crippen LogP contribution in [0.3, 0.4) is 0 Å². The van der Waals surface area contributed by atoms with Crippen LogP contribution in [0.5, 0.6) is 0 Å². The molecule has 61 heavy (non-hydrogen) atoms. The normalized spacial score (nSPS) is 20.1. The highest BCUT2D eigenvalue weighted by Crippen LogP contribution is 2.39. The van der Waals surface area contributed by atoms with E-state index in [4.69, 9.17) is 19.4 Å². The third-order valence-electron chi connectivity index (χ3n) is 12.1. The molecule has 6 atom stereocenters. The molecule has 324 valence electrons. The average molecular weight is 841 g/mol. The van der Waals surface area contributed by atoms with Crippen molar-refractivity contribution in [2.75, 3.05) is 34.4 Å². The summed E-state index contributed by atoms with van der Waals surface area (Å²) in [5.41, 5.74) is 3.41. The van der Waals surface area contributed by atoms with Gasteiger partial charge in [0.25, 0.3) is 0 Å². The lowest BCUT2D eigenvalue weighted by atomic mass is 9.98. The standard InChI is InChI=1S/C45H54F2N8O6/c1-22(2)38(52-44(58)60-8)42(56)54-20-24(5)14-36(54)40-48-32-12-10-26(16-34(32)50-40)28-18-31(47)29(19-30(28)46)27-11-13-33-35(17-27)51-41(49-33)37-15-25(6)21-55(37)43(57)39(23(3)4)53(7)45(59)61-9/h10-13,16-19,22-25,36-39H,14-15,20-21H2,1-9H3,(H,48,50)(H,49,51)(H,52,58)/t24-,25-,36-,37-,38-,39-/m0/s1. The van der Waals surface area contributed by atoms with Crippen molar-refractivity contribution in [1.82, 2.24) is 40.0 Å². The van der Waals surface area contributed by atoms with Gasteiger partial charge in [-0.1, -0.05) is 53.7 Å². The number of hydrogen-bond acceptors (Lipinski definition) is 8. The number of carbonyl (C=O) groups is 4. The summed E-state index contributed by atoms with van der Waals surface area (Å²) < 4.78 is 41.8. The van der Waals surface area contributed by atoms with Crippen LogP contribution in [0, 0.1) is 35.3 Å². The number of H-pyrrole nitrogens is 2. The maximum Gasteiger partial charge on any atom is 0.409 e. The molecule has 2 aromatic heterocycles. The number of carbonyl (C=O) groups excluding carboxylic acids is 4. The maximum atomic E-state index is 16.1. The van der Waals surface area contributed by atoms with Crippen LogP contribution in [-0.2, 0) is 19.1 Å². The first kappa shape index (κ1) is 43.0. The van der Waals surface area contributed by atoms with E-state index in [2.05, 4.69) is 29.1 Å². The second kappa shape index (κ2) is 17.1. The number of nitrogens with one attached hydrogen (secondary N) is 3. The quantitative estimate of drug-likeness (QED) is 0.127. The monoisotopic (exact) mass is 840 g/mol. The van der Waals surface area contributed by atoms with Crippen LogP contribution in [0.2, 0.25) is 0 Å². The van der Waals surface area contributed by atoms with Gasteiger partial charge < -0.3 is 34.6 Å². The highest BCUT2D eigenvalue weighted by atomic mass is 19.1. The molecule has 0 aliphatic carbocycles. The zero-order chi connectivity index (χ0) is 44.0. The highest BCUT2D eigenvalue weighted by molar-refractivity contribution is 5.89. The van der Waals surface area contributed by atoms with Crippen molar-refractivity contribution >= 4 is 46.1 Å². The summed E-state index contributed by atoms with van der Waals surface area (Å²) in [6.07, 6.45) is 0.0327. The molecule has 0 bridgehead atoms. The van der Waals surface area contributed by atoms with Crippen LogP contribution in [0.4, 0.5) is 18.4 Å². The van der Waals surface area contributed by atoms with Crippen molar-refractivity contribution in [3.8, 4) is 22.3 Å². The predicted octanol–water partition coefficient (Wildman–Crippen LogP) is 7.97.